The molecule has 3 N–H and O–H groups in total. The first-order chi connectivity index (χ1) is 35.3. The van der Waals surface area contributed by atoms with Crippen molar-refractivity contribution in [1.82, 2.24) is 30.4 Å². The molecule has 5 heterocycles. The number of carbonyl (C=O) groups excluding carboxylic acids is 1. The monoisotopic (exact) mass is 981 g/mol. The Kier molecular flexibility index (Phi) is 14.6. The fourth-order valence-corrected chi connectivity index (χ4v) is 9.43. The van der Waals surface area contributed by atoms with Crippen molar-refractivity contribution in [3.05, 3.63) is 166 Å². The molecule has 0 saturated heterocycles. The summed E-state index contributed by atoms with van der Waals surface area (Å²) < 4.78 is 32.4. The molecule has 15 heteroatoms. The number of benzene rings is 5. The number of hydrogen-bond acceptors (Lipinski definition) is 12. The van der Waals surface area contributed by atoms with E-state index in [9.17, 15) is 15.2 Å². The highest BCUT2D eigenvalue weighted by Crippen LogP contribution is 2.41. The first-order valence-corrected chi connectivity index (χ1v) is 24.4. The van der Waals surface area contributed by atoms with E-state index in [2.05, 4.69) is 44.3 Å². The molecule has 0 bridgehead atoms. The summed E-state index contributed by atoms with van der Waals surface area (Å²) in [6.45, 7) is 5.29. The Hall–Kier alpha value is -7.96. The molecule has 364 valence electrons. The van der Waals surface area contributed by atoms with Gasteiger partial charge in [-0.05, 0) is 114 Å². The Morgan fingerprint density at radius 3 is 2.61 bits per heavy atom. The number of aryl methyl sites for hydroxylation is 1. The molecule has 10 rings (SSSR count). The predicted molar refractivity (Wildman–Crippen MR) is 274 cm³/mol. The van der Waals surface area contributed by atoms with E-state index in [-0.39, 0.29) is 51.8 Å². The van der Waals surface area contributed by atoms with E-state index < -0.39 is 6.10 Å². The maximum absolute atomic E-state index is 12.9. The van der Waals surface area contributed by atoms with Gasteiger partial charge in [-0.1, -0.05) is 54.1 Å². The fourth-order valence-electron chi connectivity index (χ4n) is 9.19. The Balaban J connectivity index is 0.736. The number of aromatic nitrogens is 4. The van der Waals surface area contributed by atoms with Crippen LogP contribution in [0.15, 0.2) is 128 Å². The summed E-state index contributed by atoms with van der Waals surface area (Å²) in [4.78, 5) is 22.2. The van der Waals surface area contributed by atoms with Crippen LogP contribution in [0.5, 0.6) is 28.7 Å². The van der Waals surface area contributed by atoms with E-state index in [0.717, 1.165) is 92.1 Å². The summed E-state index contributed by atoms with van der Waals surface area (Å²) in [5.74, 6) is 2.72. The summed E-state index contributed by atoms with van der Waals surface area (Å²) in [5.41, 5.74) is 12.0. The maximum atomic E-state index is 12.9. The van der Waals surface area contributed by atoms with Crippen molar-refractivity contribution < 1.29 is 33.6 Å². The lowest BCUT2D eigenvalue weighted by Gasteiger charge is -2.20. The molecular formula is C57H52ClN7O7. The number of nitrogens with zero attached hydrogens (tertiary/aromatic N) is 5. The van der Waals surface area contributed by atoms with Crippen LogP contribution < -0.4 is 34.3 Å². The van der Waals surface area contributed by atoms with Crippen LogP contribution in [0.3, 0.4) is 0 Å². The number of amides is 1. The number of ether oxygens (including phenoxy) is 5. The Morgan fingerprint density at radius 2 is 1.74 bits per heavy atom. The van der Waals surface area contributed by atoms with Crippen molar-refractivity contribution in [2.75, 3.05) is 32.9 Å². The van der Waals surface area contributed by atoms with Crippen molar-refractivity contribution in [1.29, 1.82) is 5.26 Å². The highest BCUT2D eigenvalue weighted by Gasteiger charge is 2.26. The number of nitrogens with one attached hydrogen (secondary N) is 2. The van der Waals surface area contributed by atoms with E-state index in [0.29, 0.717) is 46.6 Å². The topological polar surface area (TPSA) is 175 Å². The number of carbonyl (C=O) groups is 1. The molecule has 0 saturated carbocycles. The second-order valence-corrected chi connectivity index (χ2v) is 18.1. The van der Waals surface area contributed by atoms with E-state index in [4.69, 9.17) is 40.4 Å². The lowest BCUT2D eigenvalue weighted by atomic mass is 9.96. The SMILES string of the molecule is Cc1c(COc2cc(OCc3cccc(C#N)c3)c(CNC[C@@H](O)CC(=O)NCCOc3ccc4c(-c5c(-c6ccccn6)nn6c5CCC6)ccnc4c3)cc2Cl)cccc1-c1ccc2c(c1)OCCO2. The minimum atomic E-state index is -0.973. The number of aliphatic hydroxyl groups is 1. The van der Waals surface area contributed by atoms with Gasteiger partial charge in [0.15, 0.2) is 11.5 Å². The van der Waals surface area contributed by atoms with Gasteiger partial charge in [-0.25, -0.2) is 0 Å². The minimum absolute atomic E-state index is 0.115. The zero-order valence-electron chi connectivity index (χ0n) is 39.7. The van der Waals surface area contributed by atoms with Crippen LogP contribution >= 0.6 is 11.6 Å². The van der Waals surface area contributed by atoms with Gasteiger partial charge in [-0.3, -0.25) is 19.4 Å². The molecule has 1 amide bonds. The van der Waals surface area contributed by atoms with Gasteiger partial charge in [-0.15, -0.1) is 0 Å². The van der Waals surface area contributed by atoms with Gasteiger partial charge in [0.25, 0.3) is 0 Å². The number of hydrogen-bond donors (Lipinski definition) is 3. The number of nitriles is 1. The fraction of sp³-hybridized carbons (Fsp3) is 0.246. The van der Waals surface area contributed by atoms with Crippen molar-refractivity contribution >= 4 is 28.4 Å². The number of halogens is 1. The van der Waals surface area contributed by atoms with Crippen LogP contribution in [0.4, 0.5) is 0 Å². The first-order valence-electron chi connectivity index (χ1n) is 24.0. The second-order valence-electron chi connectivity index (χ2n) is 17.7. The molecular weight excluding hydrogens is 930 g/mol. The first kappa shape index (κ1) is 47.7. The van der Waals surface area contributed by atoms with Gasteiger partial charge in [0, 0.05) is 66.4 Å². The standard InChI is InChI=1S/C57H52ClN7O7/c1-36-40(9-5-10-44(36)39-13-16-51-54(27-39)70-24-23-69-51)35-72-53-30-52(71-34-38-8-4-7-37(25-38)31-59)41(26-47(53)58)32-60-33-42(66)28-55(67)63-20-22-68-43-14-15-45-46(17-19-62-49(45)29-43)56-50-12-6-21-65(50)64-57(56)48-11-2-3-18-61-48/h2-5,7-11,13-19,25-27,29-30,42,60,66H,6,12,20-24,28,32-35H2,1H3,(H,63,67)/t42-/m0/s1. The zero-order valence-corrected chi connectivity index (χ0v) is 40.5. The largest absolute Gasteiger partial charge is 0.492 e. The molecule has 0 fully saturated rings. The predicted octanol–water partition coefficient (Wildman–Crippen LogP) is 9.57. The third-order valence-electron chi connectivity index (χ3n) is 12.8. The number of rotatable bonds is 19. The van der Waals surface area contributed by atoms with Crippen LogP contribution in [0.25, 0.3) is 44.5 Å². The Morgan fingerprint density at radius 1 is 0.861 bits per heavy atom. The van der Waals surface area contributed by atoms with Gasteiger partial charge in [0.2, 0.25) is 5.91 Å². The lowest BCUT2D eigenvalue weighted by molar-refractivity contribution is -0.123. The van der Waals surface area contributed by atoms with E-state index in [1.807, 2.05) is 91.1 Å². The molecule has 0 unspecified atom stereocenters. The number of aliphatic hydroxyl groups excluding tert-OH is 1. The van der Waals surface area contributed by atoms with Gasteiger partial charge in [0.05, 0.1) is 46.9 Å². The van der Waals surface area contributed by atoms with Gasteiger partial charge in [-0.2, -0.15) is 10.4 Å². The summed E-state index contributed by atoms with van der Waals surface area (Å²) in [7, 11) is 0. The van der Waals surface area contributed by atoms with Crippen LogP contribution in [-0.2, 0) is 37.5 Å². The number of fused-ring (bicyclic) bond motifs is 3. The lowest BCUT2D eigenvalue weighted by Crippen LogP contribution is -2.34. The molecule has 72 heavy (non-hydrogen) atoms. The smallest absolute Gasteiger partial charge is 0.222 e. The molecule has 14 nitrogen and oxygen atoms in total. The Bertz CT molecular complexity index is 3300. The summed E-state index contributed by atoms with van der Waals surface area (Å²) >= 11 is 6.87. The van der Waals surface area contributed by atoms with Crippen molar-refractivity contribution in [3.63, 3.8) is 0 Å². The van der Waals surface area contributed by atoms with Crippen LogP contribution in [0, 0.1) is 18.3 Å². The molecule has 1 atom stereocenters. The quantitative estimate of drug-likeness (QED) is 0.0656. The molecule has 0 aliphatic carbocycles. The molecule has 0 spiro atoms. The average Bonchev–Trinajstić information content (AvgIpc) is 4.02. The van der Waals surface area contributed by atoms with E-state index >= 15 is 0 Å². The molecule has 2 aliphatic rings. The minimum Gasteiger partial charge on any atom is -0.492 e. The Labute approximate surface area is 422 Å². The summed E-state index contributed by atoms with van der Waals surface area (Å²) in [5, 5.41) is 32.8. The second kappa shape index (κ2) is 22.0. The molecule has 2 aliphatic heterocycles. The van der Waals surface area contributed by atoms with Gasteiger partial charge < -0.3 is 39.4 Å². The van der Waals surface area contributed by atoms with Gasteiger partial charge in [0.1, 0.15) is 56.0 Å². The number of pyridine rings is 2. The van der Waals surface area contributed by atoms with Crippen molar-refractivity contribution in [2.24, 2.45) is 0 Å². The molecule has 3 aromatic heterocycles. The normalized spacial score (nSPS) is 13.0. The summed E-state index contributed by atoms with van der Waals surface area (Å²) in [6, 6.07) is 38.7. The van der Waals surface area contributed by atoms with Gasteiger partial charge >= 0.3 is 0 Å². The van der Waals surface area contributed by atoms with Crippen LogP contribution in [0.2, 0.25) is 5.02 Å². The van der Waals surface area contributed by atoms with Crippen LogP contribution in [-0.4, -0.2) is 69.8 Å². The van der Waals surface area contributed by atoms with Crippen molar-refractivity contribution in [2.45, 2.75) is 58.6 Å². The highest BCUT2D eigenvalue weighted by atomic mass is 35.5. The zero-order chi connectivity index (χ0) is 49.4. The van der Waals surface area contributed by atoms with E-state index in [1.165, 1.54) is 5.69 Å². The highest BCUT2D eigenvalue weighted by molar-refractivity contribution is 6.32. The van der Waals surface area contributed by atoms with E-state index in [1.54, 1.807) is 30.5 Å². The summed E-state index contributed by atoms with van der Waals surface area (Å²) in [6.07, 6.45) is 4.51. The third kappa shape index (κ3) is 10.8. The molecule has 5 aromatic carbocycles. The molecule has 8 aromatic rings. The maximum Gasteiger partial charge on any atom is 0.222 e. The van der Waals surface area contributed by atoms with Crippen LogP contribution in [0.1, 0.15) is 46.4 Å². The third-order valence-corrected chi connectivity index (χ3v) is 13.1. The molecule has 0 radical (unpaired) electrons. The average molecular weight is 983 g/mol. The van der Waals surface area contributed by atoms with Crippen molar-refractivity contribution in [3.8, 4) is 68.5 Å².